The summed E-state index contributed by atoms with van der Waals surface area (Å²) in [6, 6.07) is 12.3. The third kappa shape index (κ3) is 13.0. The van der Waals surface area contributed by atoms with Crippen molar-refractivity contribution in [3.05, 3.63) is 57.2 Å². The number of aryl methyl sites for hydroxylation is 2. The lowest BCUT2D eigenvalue weighted by Gasteiger charge is -2.28. The van der Waals surface area contributed by atoms with E-state index in [1.807, 2.05) is 6.92 Å². The molecule has 2 aromatic rings. The zero-order chi connectivity index (χ0) is 25.6. The maximum absolute atomic E-state index is 10.4. The molecular weight excluding hydrogens is 565 g/mol. The number of unbranched alkanes of at least 4 members (excludes halogenated alkanes) is 3. The highest BCUT2D eigenvalue weighted by Gasteiger charge is 2.13. The molecule has 8 heteroatoms. The molecule has 34 heavy (non-hydrogen) atoms. The van der Waals surface area contributed by atoms with Crippen molar-refractivity contribution in [3.63, 3.8) is 0 Å². The van der Waals surface area contributed by atoms with Crippen LogP contribution in [0.15, 0.2) is 47.4 Å². The van der Waals surface area contributed by atoms with E-state index in [0.29, 0.717) is 0 Å². The Morgan fingerprint density at radius 2 is 1.68 bits per heavy atom. The van der Waals surface area contributed by atoms with Gasteiger partial charge in [-0.2, -0.15) is 0 Å². The van der Waals surface area contributed by atoms with Crippen molar-refractivity contribution in [1.29, 1.82) is 0 Å². The Kier molecular flexibility index (Phi) is 14.3. The zero-order valence-electron chi connectivity index (χ0n) is 20.9. The third-order valence-electron chi connectivity index (χ3n) is 5.50. The molecule has 0 saturated heterocycles. The van der Waals surface area contributed by atoms with Gasteiger partial charge in [0.25, 0.3) is 0 Å². The van der Waals surface area contributed by atoms with Crippen LogP contribution in [0.25, 0.3) is 0 Å². The van der Waals surface area contributed by atoms with Gasteiger partial charge in [0, 0.05) is 6.42 Å². The van der Waals surface area contributed by atoms with E-state index in [4.69, 9.17) is 9.84 Å². The highest BCUT2D eigenvalue weighted by Crippen LogP contribution is 2.23. The molecule has 0 aliphatic carbocycles. The van der Waals surface area contributed by atoms with Gasteiger partial charge < -0.3 is 18.9 Å². The van der Waals surface area contributed by atoms with Crippen molar-refractivity contribution in [3.8, 4) is 5.75 Å². The SMILES string of the molecule is CCCCCCOc1ccc(CCC[N+](C)(C)CCO)cc1I.Cc1ccc(S(=O)(=O)[O-])cc1. The molecule has 0 aliphatic heterocycles. The van der Waals surface area contributed by atoms with E-state index < -0.39 is 10.1 Å². The molecule has 0 fully saturated rings. The first-order valence-corrected chi connectivity index (χ1v) is 14.3. The highest BCUT2D eigenvalue weighted by molar-refractivity contribution is 14.1. The van der Waals surface area contributed by atoms with E-state index in [2.05, 4.69) is 61.8 Å². The molecule has 0 radical (unpaired) electrons. The van der Waals surface area contributed by atoms with Gasteiger partial charge in [-0.3, -0.25) is 0 Å². The van der Waals surface area contributed by atoms with Gasteiger partial charge in [-0.15, -0.1) is 0 Å². The van der Waals surface area contributed by atoms with Gasteiger partial charge in [-0.25, -0.2) is 8.42 Å². The van der Waals surface area contributed by atoms with Gasteiger partial charge in [0.1, 0.15) is 22.4 Å². The molecule has 0 saturated carbocycles. The second kappa shape index (κ2) is 15.7. The first-order valence-electron chi connectivity index (χ1n) is 11.8. The zero-order valence-corrected chi connectivity index (χ0v) is 23.9. The van der Waals surface area contributed by atoms with Crippen LogP contribution in [0.5, 0.6) is 5.75 Å². The first kappa shape index (κ1) is 30.8. The summed E-state index contributed by atoms with van der Waals surface area (Å²) in [4.78, 5) is -0.178. The summed E-state index contributed by atoms with van der Waals surface area (Å²) in [6.45, 7) is 7.04. The normalized spacial score (nSPS) is 11.6. The molecule has 0 heterocycles. The highest BCUT2D eigenvalue weighted by atomic mass is 127. The van der Waals surface area contributed by atoms with Crippen molar-refractivity contribution in [2.75, 3.05) is 40.4 Å². The van der Waals surface area contributed by atoms with Crippen LogP contribution in [0.4, 0.5) is 0 Å². The fourth-order valence-electron chi connectivity index (χ4n) is 3.33. The maximum atomic E-state index is 10.4. The standard InChI is InChI=1S/C19H33INO2.C7H8O3S/c1-4-5-6-7-15-23-19-11-10-17(16-18(19)20)9-8-12-21(2,3)13-14-22;1-6-2-4-7(5-3-6)11(8,9)10/h10-11,16,22H,4-9,12-15H2,1-3H3;2-5H,1H3,(H,8,9,10)/q+1;/p-1. The fraction of sp³-hybridized carbons (Fsp3) is 0.538. The molecule has 192 valence electrons. The minimum Gasteiger partial charge on any atom is -0.744 e. The molecule has 2 aromatic carbocycles. The number of hydrogen-bond donors (Lipinski definition) is 1. The van der Waals surface area contributed by atoms with Gasteiger partial charge in [-0.05, 0) is 72.2 Å². The number of likely N-dealkylation sites (N-methyl/N-ethyl adjacent to an activating group) is 1. The number of hydrogen-bond acceptors (Lipinski definition) is 5. The summed E-state index contributed by atoms with van der Waals surface area (Å²) in [6.07, 6.45) is 7.18. The third-order valence-corrected chi connectivity index (χ3v) is 7.19. The summed E-state index contributed by atoms with van der Waals surface area (Å²) in [5, 5.41) is 9.07. The summed E-state index contributed by atoms with van der Waals surface area (Å²) < 4.78 is 39.1. The summed E-state index contributed by atoms with van der Waals surface area (Å²) in [7, 11) is 0.0825. The van der Waals surface area contributed by atoms with E-state index in [1.54, 1.807) is 12.1 Å². The van der Waals surface area contributed by atoms with Gasteiger partial charge in [-0.1, -0.05) is 49.9 Å². The Labute approximate surface area is 219 Å². The van der Waals surface area contributed by atoms with Crippen molar-refractivity contribution in [1.82, 2.24) is 0 Å². The molecule has 2 rings (SSSR count). The minimum atomic E-state index is -4.27. The Morgan fingerprint density at radius 1 is 1.00 bits per heavy atom. The number of halogens is 1. The second-order valence-corrected chi connectivity index (χ2v) is 11.7. The summed E-state index contributed by atoms with van der Waals surface area (Å²) >= 11 is 2.37. The van der Waals surface area contributed by atoms with Crippen LogP contribution < -0.4 is 4.74 Å². The average Bonchev–Trinajstić information content (AvgIpc) is 2.75. The van der Waals surface area contributed by atoms with Crippen LogP contribution in [0, 0.1) is 10.5 Å². The summed E-state index contributed by atoms with van der Waals surface area (Å²) in [5.74, 6) is 1.02. The van der Waals surface area contributed by atoms with Crippen LogP contribution in [0.2, 0.25) is 0 Å². The van der Waals surface area contributed by atoms with Crippen LogP contribution >= 0.6 is 22.6 Å². The molecule has 0 aromatic heterocycles. The molecule has 0 unspecified atom stereocenters. The monoisotopic (exact) mass is 605 g/mol. The first-order chi connectivity index (χ1) is 16.0. The van der Waals surface area contributed by atoms with Gasteiger partial charge >= 0.3 is 0 Å². The maximum Gasteiger partial charge on any atom is 0.132 e. The van der Waals surface area contributed by atoms with Crippen LogP contribution in [-0.4, -0.2) is 63.0 Å². The van der Waals surface area contributed by atoms with Crippen molar-refractivity contribution < 1.29 is 27.3 Å². The molecule has 0 atom stereocenters. The predicted octanol–water partition coefficient (Wildman–Crippen LogP) is 5.15. The molecule has 0 spiro atoms. The molecule has 0 aliphatic rings. The Bertz CT molecular complexity index is 946. The number of aliphatic hydroxyl groups excluding tert-OH is 1. The quantitative estimate of drug-likeness (QED) is 0.148. The van der Waals surface area contributed by atoms with E-state index in [-0.39, 0.29) is 11.5 Å². The smallest absolute Gasteiger partial charge is 0.132 e. The number of aliphatic hydroxyl groups is 1. The molecule has 0 amide bonds. The number of quaternary nitrogens is 1. The molecular formula is C26H40INO5S. The fourth-order valence-corrected chi connectivity index (χ4v) is 4.53. The van der Waals surface area contributed by atoms with E-state index in [9.17, 15) is 13.0 Å². The molecule has 1 N–H and O–H groups in total. The van der Waals surface area contributed by atoms with Crippen molar-refractivity contribution in [2.45, 2.75) is 57.3 Å². The van der Waals surface area contributed by atoms with Crippen molar-refractivity contribution in [2.24, 2.45) is 0 Å². The van der Waals surface area contributed by atoms with E-state index in [0.717, 1.165) is 54.8 Å². The Balaban J connectivity index is 0.000000437. The van der Waals surface area contributed by atoms with Gasteiger partial charge in [0.05, 0.1) is 42.3 Å². The Morgan fingerprint density at radius 3 is 2.24 bits per heavy atom. The minimum absolute atomic E-state index is 0.178. The summed E-state index contributed by atoms with van der Waals surface area (Å²) in [5.41, 5.74) is 2.30. The lowest BCUT2D eigenvalue weighted by Crippen LogP contribution is -2.42. The predicted molar refractivity (Wildman–Crippen MR) is 145 cm³/mol. The van der Waals surface area contributed by atoms with Crippen LogP contribution in [0.1, 0.15) is 50.2 Å². The lowest BCUT2D eigenvalue weighted by molar-refractivity contribution is -0.890. The van der Waals surface area contributed by atoms with Crippen molar-refractivity contribution >= 4 is 32.7 Å². The topological polar surface area (TPSA) is 86.7 Å². The Hall–Kier alpha value is -1.20. The number of benzene rings is 2. The van der Waals surface area contributed by atoms with Gasteiger partial charge in [0.15, 0.2) is 0 Å². The molecule has 6 nitrogen and oxygen atoms in total. The van der Waals surface area contributed by atoms with E-state index in [1.165, 1.54) is 40.5 Å². The lowest BCUT2D eigenvalue weighted by atomic mass is 10.1. The van der Waals surface area contributed by atoms with Gasteiger partial charge in [0.2, 0.25) is 0 Å². The van der Waals surface area contributed by atoms with Crippen LogP contribution in [-0.2, 0) is 16.5 Å². The number of nitrogens with zero attached hydrogens (tertiary/aromatic N) is 1. The van der Waals surface area contributed by atoms with Crippen LogP contribution in [0.3, 0.4) is 0 Å². The largest absolute Gasteiger partial charge is 0.744 e. The molecule has 0 bridgehead atoms. The number of rotatable bonds is 13. The number of ether oxygens (including phenoxy) is 1. The van der Waals surface area contributed by atoms with E-state index >= 15 is 0 Å². The average molecular weight is 606 g/mol. The second-order valence-electron chi connectivity index (χ2n) is 9.15.